The predicted octanol–water partition coefficient (Wildman–Crippen LogP) is 4.42. The number of hydrogen-bond donors (Lipinski definition) is 1. The summed E-state index contributed by atoms with van der Waals surface area (Å²) in [6.45, 7) is 0.0192. The molecule has 3 aromatic carbocycles. The van der Waals surface area contributed by atoms with Crippen molar-refractivity contribution in [1.82, 2.24) is 5.32 Å². The molecule has 1 N–H and O–H groups in total. The summed E-state index contributed by atoms with van der Waals surface area (Å²) in [4.78, 5) is 12.6. The van der Waals surface area contributed by atoms with Gasteiger partial charge in [-0.25, -0.2) is 12.8 Å². The molecule has 3 aromatic rings. The third-order valence-electron chi connectivity index (χ3n) is 4.61. The Morgan fingerprint density at radius 3 is 2.23 bits per heavy atom. The molecule has 162 valence electrons. The van der Waals surface area contributed by atoms with E-state index in [4.69, 9.17) is 11.6 Å². The molecule has 31 heavy (non-hydrogen) atoms. The van der Waals surface area contributed by atoms with Crippen LogP contribution in [0.1, 0.15) is 12.0 Å². The molecule has 0 saturated heterocycles. The number of nitrogens with zero attached hydrogens (tertiary/aromatic N) is 1. The first-order valence-electron chi connectivity index (χ1n) is 9.71. The molecule has 0 spiro atoms. The average molecular weight is 461 g/mol. The minimum absolute atomic E-state index is 0.0462. The molecule has 1 amide bonds. The Balaban J connectivity index is 1.66. The fraction of sp³-hybridized carbons (Fsp3) is 0.174. The number of amides is 1. The Kier molecular flexibility index (Phi) is 7.65. The lowest BCUT2D eigenvalue weighted by Gasteiger charge is -2.24. The van der Waals surface area contributed by atoms with Crippen LogP contribution in [-0.2, 0) is 21.2 Å². The second-order valence-electron chi connectivity index (χ2n) is 6.88. The fourth-order valence-corrected chi connectivity index (χ4v) is 4.55. The van der Waals surface area contributed by atoms with Gasteiger partial charge in [-0.15, -0.1) is 0 Å². The monoisotopic (exact) mass is 460 g/mol. The molecular formula is C23H22ClFN2O3S. The second kappa shape index (κ2) is 10.4. The van der Waals surface area contributed by atoms with Crippen molar-refractivity contribution in [3.63, 3.8) is 0 Å². The molecule has 0 aromatic heterocycles. The molecule has 5 nitrogen and oxygen atoms in total. The van der Waals surface area contributed by atoms with E-state index in [2.05, 4.69) is 5.32 Å². The highest BCUT2D eigenvalue weighted by Crippen LogP contribution is 2.24. The van der Waals surface area contributed by atoms with E-state index in [1.54, 1.807) is 42.5 Å². The lowest BCUT2D eigenvalue weighted by atomic mass is 10.1. The summed E-state index contributed by atoms with van der Waals surface area (Å²) in [7, 11) is -3.97. The molecule has 0 aliphatic heterocycles. The van der Waals surface area contributed by atoms with Crippen LogP contribution in [0.15, 0.2) is 83.8 Å². The Morgan fingerprint density at radius 2 is 1.58 bits per heavy atom. The average Bonchev–Trinajstić information content (AvgIpc) is 2.77. The van der Waals surface area contributed by atoms with Crippen LogP contribution in [0, 0.1) is 5.82 Å². The van der Waals surface area contributed by atoms with Gasteiger partial charge in [0.15, 0.2) is 0 Å². The normalized spacial score (nSPS) is 11.2. The van der Waals surface area contributed by atoms with Gasteiger partial charge in [-0.1, -0.05) is 41.9 Å². The molecule has 0 heterocycles. The quantitative estimate of drug-likeness (QED) is 0.480. The maximum atomic E-state index is 13.2. The second-order valence-corrected chi connectivity index (χ2v) is 9.18. The molecule has 0 atom stereocenters. The number of hydrogen-bond acceptors (Lipinski definition) is 3. The van der Waals surface area contributed by atoms with E-state index in [-0.39, 0.29) is 17.3 Å². The van der Waals surface area contributed by atoms with Crippen molar-refractivity contribution < 1.29 is 17.6 Å². The summed E-state index contributed by atoms with van der Waals surface area (Å²) in [6, 6.07) is 20.5. The van der Waals surface area contributed by atoms with Gasteiger partial charge in [0, 0.05) is 11.6 Å². The third-order valence-corrected chi connectivity index (χ3v) is 6.65. The summed E-state index contributed by atoms with van der Waals surface area (Å²) >= 11 is 5.87. The lowest BCUT2D eigenvalue weighted by Crippen LogP contribution is -2.41. The van der Waals surface area contributed by atoms with Gasteiger partial charge in [-0.3, -0.25) is 9.10 Å². The highest BCUT2D eigenvalue weighted by molar-refractivity contribution is 7.92. The molecule has 0 radical (unpaired) electrons. The summed E-state index contributed by atoms with van der Waals surface area (Å²) in [6.07, 6.45) is 1.32. The van der Waals surface area contributed by atoms with E-state index in [0.717, 1.165) is 9.87 Å². The molecule has 0 unspecified atom stereocenters. The van der Waals surface area contributed by atoms with Gasteiger partial charge >= 0.3 is 0 Å². The summed E-state index contributed by atoms with van der Waals surface area (Å²) in [5, 5.41) is 3.18. The van der Waals surface area contributed by atoms with Gasteiger partial charge in [0.25, 0.3) is 10.0 Å². The molecule has 0 aliphatic carbocycles. The van der Waals surface area contributed by atoms with Crippen molar-refractivity contribution in [3.8, 4) is 0 Å². The number of carbonyl (C=O) groups excluding carboxylic acids is 1. The number of para-hydroxylation sites is 1. The lowest BCUT2D eigenvalue weighted by molar-refractivity contribution is -0.119. The van der Waals surface area contributed by atoms with E-state index >= 15 is 0 Å². The van der Waals surface area contributed by atoms with Gasteiger partial charge in [0.1, 0.15) is 12.4 Å². The first kappa shape index (κ1) is 22.8. The Morgan fingerprint density at radius 1 is 0.935 bits per heavy atom. The Bertz CT molecular complexity index is 1110. The number of halogens is 2. The highest BCUT2D eigenvalue weighted by Gasteiger charge is 2.27. The van der Waals surface area contributed by atoms with Crippen LogP contribution >= 0.6 is 11.6 Å². The van der Waals surface area contributed by atoms with E-state index in [1.165, 1.54) is 36.4 Å². The maximum Gasteiger partial charge on any atom is 0.264 e. The molecule has 0 saturated carbocycles. The number of benzene rings is 3. The molecular weight excluding hydrogens is 439 g/mol. The summed E-state index contributed by atoms with van der Waals surface area (Å²) in [5.74, 6) is -0.708. The number of rotatable bonds is 9. The maximum absolute atomic E-state index is 13.2. The van der Waals surface area contributed by atoms with Crippen molar-refractivity contribution in [2.45, 2.75) is 17.7 Å². The first-order chi connectivity index (χ1) is 14.9. The summed E-state index contributed by atoms with van der Waals surface area (Å²) < 4.78 is 40.4. The van der Waals surface area contributed by atoms with Crippen LogP contribution in [0.5, 0.6) is 0 Å². The van der Waals surface area contributed by atoms with Crippen molar-refractivity contribution in [3.05, 3.63) is 95.3 Å². The largest absolute Gasteiger partial charge is 0.355 e. The van der Waals surface area contributed by atoms with Crippen LogP contribution in [0.2, 0.25) is 5.02 Å². The van der Waals surface area contributed by atoms with Gasteiger partial charge in [0.05, 0.1) is 10.6 Å². The van der Waals surface area contributed by atoms with Gasteiger partial charge in [0.2, 0.25) is 5.91 Å². The number of anilines is 1. The zero-order chi connectivity index (χ0) is 22.3. The van der Waals surface area contributed by atoms with E-state index in [1.807, 2.05) is 0 Å². The molecule has 0 bridgehead atoms. The number of carbonyl (C=O) groups is 1. The molecule has 0 fully saturated rings. The SMILES string of the molecule is O=C(CN(c1ccccc1)S(=O)(=O)c1ccc(Cl)cc1)NCCCc1ccc(F)cc1. The van der Waals surface area contributed by atoms with Crippen LogP contribution in [-0.4, -0.2) is 27.4 Å². The number of aryl methyl sites for hydroxylation is 1. The predicted molar refractivity (Wildman–Crippen MR) is 120 cm³/mol. The zero-order valence-electron chi connectivity index (χ0n) is 16.7. The Hall–Kier alpha value is -2.90. The third kappa shape index (κ3) is 6.29. The van der Waals surface area contributed by atoms with Crippen LogP contribution in [0.25, 0.3) is 0 Å². The van der Waals surface area contributed by atoms with Crippen molar-refractivity contribution >= 4 is 33.2 Å². The van der Waals surface area contributed by atoms with E-state index in [0.29, 0.717) is 30.1 Å². The molecule has 3 rings (SSSR count). The highest BCUT2D eigenvalue weighted by atomic mass is 35.5. The van der Waals surface area contributed by atoms with Crippen LogP contribution in [0.3, 0.4) is 0 Å². The van der Waals surface area contributed by atoms with E-state index in [9.17, 15) is 17.6 Å². The zero-order valence-corrected chi connectivity index (χ0v) is 18.2. The van der Waals surface area contributed by atoms with Crippen molar-refractivity contribution in [1.29, 1.82) is 0 Å². The number of sulfonamides is 1. The summed E-state index contributed by atoms with van der Waals surface area (Å²) in [5.41, 5.74) is 1.35. The molecule has 0 aliphatic rings. The molecule has 8 heteroatoms. The van der Waals surface area contributed by atoms with Crippen LogP contribution < -0.4 is 9.62 Å². The minimum Gasteiger partial charge on any atom is -0.355 e. The minimum atomic E-state index is -3.97. The Labute approximate surface area is 186 Å². The smallest absolute Gasteiger partial charge is 0.264 e. The van der Waals surface area contributed by atoms with Crippen LogP contribution in [0.4, 0.5) is 10.1 Å². The van der Waals surface area contributed by atoms with Gasteiger partial charge in [-0.2, -0.15) is 0 Å². The van der Waals surface area contributed by atoms with E-state index < -0.39 is 15.9 Å². The van der Waals surface area contributed by atoms with Gasteiger partial charge < -0.3 is 5.32 Å². The first-order valence-corrected chi connectivity index (χ1v) is 11.5. The number of nitrogens with one attached hydrogen (secondary N) is 1. The standard InChI is InChI=1S/C23H22ClFN2O3S/c24-19-10-14-22(15-11-19)31(29,30)27(21-6-2-1-3-7-21)17-23(28)26-16-4-5-18-8-12-20(25)13-9-18/h1-3,6-15H,4-5,16-17H2,(H,26,28). The van der Waals surface area contributed by atoms with Crippen molar-refractivity contribution in [2.24, 2.45) is 0 Å². The topological polar surface area (TPSA) is 66.5 Å². The van der Waals surface area contributed by atoms with Gasteiger partial charge in [-0.05, 0) is 66.9 Å². The fourth-order valence-electron chi connectivity index (χ4n) is 3.00. The van der Waals surface area contributed by atoms with Crippen molar-refractivity contribution in [2.75, 3.05) is 17.4 Å².